The van der Waals surface area contributed by atoms with Crippen LogP contribution in [0, 0.1) is 15.9 Å². The molecule has 0 aliphatic carbocycles. The average Bonchev–Trinajstić information content (AvgIpc) is 2.91. The zero-order valence-electron chi connectivity index (χ0n) is 23.0. The number of non-ortho nitro benzene ring substituents is 1. The molecule has 40 heavy (non-hydrogen) atoms. The molecule has 1 aliphatic heterocycles. The number of halogens is 1. The minimum Gasteiger partial charge on any atom is -0.493 e. The number of nitro groups is 1. The molecule has 0 unspecified atom stereocenters. The van der Waals surface area contributed by atoms with Crippen molar-refractivity contribution in [1.29, 1.82) is 0 Å². The molecule has 1 saturated heterocycles. The van der Waals surface area contributed by atoms with E-state index in [2.05, 4.69) is 9.88 Å². The van der Waals surface area contributed by atoms with Crippen molar-refractivity contribution in [2.75, 3.05) is 46.4 Å². The first-order chi connectivity index (χ1) is 19.0. The fourth-order valence-electron chi connectivity index (χ4n) is 4.25. The number of carbonyl (C=O) groups is 1. The largest absolute Gasteiger partial charge is 0.493 e. The number of carbonyl (C=O) groups excluding carboxylic acids is 1. The van der Waals surface area contributed by atoms with Gasteiger partial charge in [-0.2, -0.15) is 0 Å². The van der Waals surface area contributed by atoms with Crippen molar-refractivity contribution >= 4 is 22.7 Å². The van der Waals surface area contributed by atoms with Crippen LogP contribution in [0.15, 0.2) is 42.6 Å². The molecule has 3 aromatic rings. The Labute approximate surface area is 231 Å². The zero-order chi connectivity index (χ0) is 28.9. The highest BCUT2D eigenvalue weighted by Crippen LogP contribution is 2.38. The van der Waals surface area contributed by atoms with Gasteiger partial charge in [-0.1, -0.05) is 0 Å². The first kappa shape index (κ1) is 28.8. The quantitative estimate of drug-likeness (QED) is 0.194. The monoisotopic (exact) mass is 556 g/mol. The van der Waals surface area contributed by atoms with Crippen molar-refractivity contribution < 1.29 is 33.1 Å². The molecule has 0 N–H and O–H groups in total. The molecule has 11 nitrogen and oxygen atoms in total. The third-order valence-corrected chi connectivity index (χ3v) is 6.23. The molecule has 4 rings (SSSR count). The number of nitrogens with zero attached hydrogens (tertiary/aromatic N) is 4. The number of aromatic nitrogens is 1. The number of pyridine rings is 1. The summed E-state index contributed by atoms with van der Waals surface area (Å²) in [7, 11) is 1.52. The van der Waals surface area contributed by atoms with Gasteiger partial charge in [-0.15, -0.1) is 0 Å². The SMILES string of the molecule is COc1cc2c(Oc3ccc([N+](=O)[O-])cc3F)ccnc2cc1OCCCN1CCN(C(=O)OC(C)(C)C)CC1. The second kappa shape index (κ2) is 12.3. The summed E-state index contributed by atoms with van der Waals surface area (Å²) in [6, 6.07) is 8.21. The number of methoxy groups -OCH3 is 1. The van der Waals surface area contributed by atoms with Crippen molar-refractivity contribution in [3.63, 3.8) is 0 Å². The fourth-order valence-corrected chi connectivity index (χ4v) is 4.25. The Morgan fingerprint density at radius 1 is 1.05 bits per heavy atom. The molecular weight excluding hydrogens is 523 g/mol. The van der Waals surface area contributed by atoms with Crippen molar-refractivity contribution in [1.82, 2.24) is 14.8 Å². The number of nitro benzene ring substituents is 1. The predicted octanol–water partition coefficient (Wildman–Crippen LogP) is 5.40. The molecule has 2 aromatic carbocycles. The highest BCUT2D eigenvalue weighted by Gasteiger charge is 2.25. The molecular formula is C28H33FN4O7. The number of rotatable bonds is 9. The van der Waals surface area contributed by atoms with Crippen LogP contribution < -0.4 is 14.2 Å². The second-order valence-electron chi connectivity index (χ2n) is 10.3. The van der Waals surface area contributed by atoms with Crippen molar-refractivity contribution in [3.05, 3.63) is 58.5 Å². The molecule has 1 amide bonds. The fraction of sp³-hybridized carbons (Fsp3) is 0.429. The van der Waals surface area contributed by atoms with Gasteiger partial charge >= 0.3 is 6.09 Å². The number of piperazine rings is 1. The van der Waals surface area contributed by atoms with Crippen molar-refractivity contribution in [2.45, 2.75) is 32.8 Å². The zero-order valence-corrected chi connectivity index (χ0v) is 23.0. The molecule has 0 radical (unpaired) electrons. The Morgan fingerprint density at radius 2 is 1.80 bits per heavy atom. The Bertz CT molecular complexity index is 1370. The molecule has 2 heterocycles. The normalized spacial score (nSPS) is 14.2. The van der Waals surface area contributed by atoms with Crippen LogP contribution in [0.1, 0.15) is 27.2 Å². The molecule has 0 spiro atoms. The summed E-state index contributed by atoms with van der Waals surface area (Å²) in [5, 5.41) is 11.5. The molecule has 1 fully saturated rings. The van der Waals surface area contributed by atoms with Crippen LogP contribution in [0.2, 0.25) is 0 Å². The van der Waals surface area contributed by atoms with Crippen LogP contribution in [-0.4, -0.2) is 77.8 Å². The van der Waals surface area contributed by atoms with Gasteiger partial charge in [0.1, 0.15) is 11.4 Å². The van der Waals surface area contributed by atoms with E-state index >= 15 is 0 Å². The molecule has 1 aliphatic rings. The highest BCUT2D eigenvalue weighted by molar-refractivity contribution is 5.88. The summed E-state index contributed by atoms with van der Waals surface area (Å²) < 4.78 is 37.1. The highest BCUT2D eigenvalue weighted by atomic mass is 19.1. The van der Waals surface area contributed by atoms with E-state index in [1.54, 1.807) is 23.1 Å². The standard InChI is InChI=1S/C28H33FN4O7/c1-28(2,3)40-27(34)32-13-11-31(12-14-32)10-5-15-38-26-18-22-20(17-25(26)37-4)23(8-9-30-22)39-24-7-6-19(33(35)36)16-21(24)29/h6-9,16-18H,5,10-15H2,1-4H3. The van der Waals surface area contributed by atoms with Gasteiger partial charge in [0.15, 0.2) is 23.1 Å². The van der Waals surface area contributed by atoms with Crippen molar-refractivity contribution in [2.24, 2.45) is 0 Å². The van der Waals surface area contributed by atoms with E-state index in [9.17, 15) is 19.3 Å². The Balaban J connectivity index is 1.34. The van der Waals surface area contributed by atoms with Gasteiger partial charge in [0.2, 0.25) is 0 Å². The predicted molar refractivity (Wildman–Crippen MR) is 146 cm³/mol. The lowest BCUT2D eigenvalue weighted by Gasteiger charge is -2.35. The van der Waals surface area contributed by atoms with Gasteiger partial charge < -0.3 is 23.8 Å². The van der Waals surface area contributed by atoms with Gasteiger partial charge in [-0.3, -0.25) is 20.0 Å². The third-order valence-electron chi connectivity index (χ3n) is 6.23. The molecule has 0 saturated carbocycles. The first-order valence-electron chi connectivity index (χ1n) is 13.0. The molecule has 12 heteroatoms. The topological polar surface area (TPSA) is 116 Å². The lowest BCUT2D eigenvalue weighted by molar-refractivity contribution is -0.385. The van der Waals surface area contributed by atoms with Gasteiger partial charge in [0, 0.05) is 56.4 Å². The Hall–Kier alpha value is -4.19. The number of hydrogen-bond donors (Lipinski definition) is 0. The first-order valence-corrected chi connectivity index (χ1v) is 13.0. The summed E-state index contributed by atoms with van der Waals surface area (Å²) in [6.07, 6.45) is 2.01. The molecule has 214 valence electrons. The molecule has 0 atom stereocenters. The number of amides is 1. The smallest absolute Gasteiger partial charge is 0.410 e. The van der Waals surface area contributed by atoms with Crippen LogP contribution in [0.3, 0.4) is 0 Å². The van der Waals surface area contributed by atoms with E-state index < -0.39 is 16.3 Å². The summed E-state index contributed by atoms with van der Waals surface area (Å²) in [5.41, 5.74) is -0.324. The summed E-state index contributed by atoms with van der Waals surface area (Å²) in [4.78, 5) is 30.9. The lowest BCUT2D eigenvalue weighted by atomic mass is 10.1. The van der Waals surface area contributed by atoms with Crippen LogP contribution in [0.5, 0.6) is 23.0 Å². The van der Waals surface area contributed by atoms with E-state index in [1.165, 1.54) is 25.4 Å². The van der Waals surface area contributed by atoms with Crippen LogP contribution in [0.25, 0.3) is 10.9 Å². The Morgan fingerprint density at radius 3 is 2.45 bits per heavy atom. The maximum absolute atomic E-state index is 14.4. The number of ether oxygens (including phenoxy) is 4. The van der Waals surface area contributed by atoms with Crippen LogP contribution in [-0.2, 0) is 4.74 Å². The maximum Gasteiger partial charge on any atom is 0.410 e. The summed E-state index contributed by atoms with van der Waals surface area (Å²) in [6.45, 7) is 9.60. The van der Waals surface area contributed by atoms with Gasteiger partial charge in [0.25, 0.3) is 5.69 Å². The summed E-state index contributed by atoms with van der Waals surface area (Å²) >= 11 is 0. The van der Waals surface area contributed by atoms with Gasteiger partial charge in [-0.05, 0) is 45.4 Å². The lowest BCUT2D eigenvalue weighted by Crippen LogP contribution is -2.50. The maximum atomic E-state index is 14.4. The molecule has 0 bridgehead atoms. The second-order valence-corrected chi connectivity index (χ2v) is 10.3. The van der Waals surface area contributed by atoms with Gasteiger partial charge in [0.05, 0.1) is 30.2 Å². The third kappa shape index (κ3) is 7.26. The molecule has 1 aromatic heterocycles. The van der Waals surface area contributed by atoms with Gasteiger partial charge in [-0.25, -0.2) is 9.18 Å². The summed E-state index contributed by atoms with van der Waals surface area (Å²) in [5.74, 6) is 0.284. The van der Waals surface area contributed by atoms with Crippen molar-refractivity contribution in [3.8, 4) is 23.0 Å². The van der Waals surface area contributed by atoms with Crippen LogP contribution >= 0.6 is 0 Å². The average molecular weight is 557 g/mol. The number of hydrogen-bond acceptors (Lipinski definition) is 9. The van der Waals surface area contributed by atoms with E-state index in [1.807, 2.05) is 20.8 Å². The minimum absolute atomic E-state index is 0.149. The van der Waals surface area contributed by atoms with E-state index in [0.717, 1.165) is 32.1 Å². The van der Waals surface area contributed by atoms with E-state index in [-0.39, 0.29) is 17.5 Å². The van der Waals surface area contributed by atoms with Crippen LogP contribution in [0.4, 0.5) is 14.9 Å². The minimum atomic E-state index is -0.850. The Kier molecular flexibility index (Phi) is 8.88. The number of fused-ring (bicyclic) bond motifs is 1. The van der Waals surface area contributed by atoms with E-state index in [0.29, 0.717) is 47.8 Å². The van der Waals surface area contributed by atoms with E-state index in [4.69, 9.17) is 18.9 Å². The number of benzene rings is 2.